The number of hydrogen-bond acceptors (Lipinski definition) is 4. The maximum Gasteiger partial charge on any atom is 0.354 e. The average molecular weight is 215 g/mol. The highest BCUT2D eigenvalue weighted by Gasteiger charge is 2.09. The molecule has 0 saturated heterocycles. The van der Waals surface area contributed by atoms with Crippen LogP contribution in [0.15, 0.2) is 18.2 Å². The van der Waals surface area contributed by atoms with Gasteiger partial charge in [-0.3, -0.25) is 0 Å². The van der Waals surface area contributed by atoms with Gasteiger partial charge in [0.15, 0.2) is 9.84 Å². The van der Waals surface area contributed by atoms with Gasteiger partial charge in [0.1, 0.15) is 5.69 Å². The molecule has 76 valence electrons. The molecule has 0 atom stereocenters. The summed E-state index contributed by atoms with van der Waals surface area (Å²) in [5, 5.41) is 8.60. The summed E-state index contributed by atoms with van der Waals surface area (Å²) in [7, 11) is -3.18. The molecular formula is C8H9NO4S. The summed E-state index contributed by atoms with van der Waals surface area (Å²) < 4.78 is 21.8. The van der Waals surface area contributed by atoms with Crippen molar-refractivity contribution >= 4 is 15.8 Å². The van der Waals surface area contributed by atoms with Crippen molar-refractivity contribution in [2.75, 3.05) is 6.26 Å². The minimum atomic E-state index is -3.18. The molecule has 0 bridgehead atoms. The molecule has 14 heavy (non-hydrogen) atoms. The van der Waals surface area contributed by atoms with Crippen LogP contribution in [0.4, 0.5) is 0 Å². The van der Waals surface area contributed by atoms with Crippen molar-refractivity contribution < 1.29 is 18.3 Å². The smallest absolute Gasteiger partial charge is 0.354 e. The van der Waals surface area contributed by atoms with Gasteiger partial charge in [0.05, 0.1) is 11.4 Å². The van der Waals surface area contributed by atoms with Crippen molar-refractivity contribution in [1.29, 1.82) is 0 Å². The molecule has 0 aliphatic heterocycles. The molecule has 0 radical (unpaired) electrons. The Balaban J connectivity index is 3.01. The van der Waals surface area contributed by atoms with Crippen molar-refractivity contribution in [2.24, 2.45) is 0 Å². The first-order valence-electron chi connectivity index (χ1n) is 3.75. The van der Waals surface area contributed by atoms with Gasteiger partial charge in [-0.1, -0.05) is 6.07 Å². The monoisotopic (exact) mass is 215 g/mol. The van der Waals surface area contributed by atoms with Crippen molar-refractivity contribution in [3.63, 3.8) is 0 Å². The Kier molecular flexibility index (Phi) is 2.85. The van der Waals surface area contributed by atoms with E-state index in [0.717, 1.165) is 6.26 Å². The van der Waals surface area contributed by atoms with Crippen LogP contribution in [0.3, 0.4) is 0 Å². The van der Waals surface area contributed by atoms with Crippen molar-refractivity contribution in [3.05, 3.63) is 29.6 Å². The number of nitrogens with zero attached hydrogens (tertiary/aromatic N) is 1. The van der Waals surface area contributed by atoms with Crippen LogP contribution in [0.1, 0.15) is 16.2 Å². The molecule has 1 aromatic heterocycles. The third-order valence-electron chi connectivity index (χ3n) is 1.44. The van der Waals surface area contributed by atoms with E-state index < -0.39 is 15.8 Å². The van der Waals surface area contributed by atoms with E-state index in [4.69, 9.17) is 5.11 Å². The summed E-state index contributed by atoms with van der Waals surface area (Å²) in [6, 6.07) is 4.26. The third-order valence-corrected chi connectivity index (χ3v) is 2.26. The number of hydrogen-bond donors (Lipinski definition) is 1. The van der Waals surface area contributed by atoms with Crippen LogP contribution in [-0.2, 0) is 15.6 Å². The molecule has 1 N–H and O–H groups in total. The number of sulfone groups is 1. The molecule has 0 unspecified atom stereocenters. The molecule has 0 amide bonds. The second-order valence-corrected chi connectivity index (χ2v) is 5.03. The quantitative estimate of drug-likeness (QED) is 0.785. The standard InChI is InChI=1S/C8H9NO4S/c1-14(12,13)5-6-3-2-4-7(9-6)8(10)11/h2-4H,5H2,1H3,(H,10,11). The SMILES string of the molecule is CS(=O)(=O)Cc1cccc(C(=O)O)n1. The first kappa shape index (κ1) is 10.6. The summed E-state index contributed by atoms with van der Waals surface area (Å²) in [5.41, 5.74) is 0.0959. The Bertz CT molecular complexity index is 452. The van der Waals surface area contributed by atoms with Gasteiger partial charge >= 0.3 is 5.97 Å². The summed E-state index contributed by atoms with van der Waals surface area (Å²) in [5.74, 6) is -1.41. The number of aromatic carboxylic acids is 1. The van der Waals surface area contributed by atoms with Crippen LogP contribution >= 0.6 is 0 Å². The van der Waals surface area contributed by atoms with E-state index in [1.54, 1.807) is 0 Å². The van der Waals surface area contributed by atoms with Crippen LogP contribution in [0.25, 0.3) is 0 Å². The fraction of sp³-hybridized carbons (Fsp3) is 0.250. The maximum absolute atomic E-state index is 10.9. The summed E-state index contributed by atoms with van der Waals surface area (Å²) in [4.78, 5) is 14.2. The normalized spacial score (nSPS) is 11.2. The number of rotatable bonds is 3. The van der Waals surface area contributed by atoms with Crippen molar-refractivity contribution in [3.8, 4) is 0 Å². The fourth-order valence-electron chi connectivity index (χ4n) is 0.948. The van der Waals surface area contributed by atoms with E-state index in [0.29, 0.717) is 0 Å². The van der Waals surface area contributed by atoms with Gasteiger partial charge in [-0.2, -0.15) is 0 Å². The van der Waals surface area contributed by atoms with E-state index >= 15 is 0 Å². The lowest BCUT2D eigenvalue weighted by Gasteiger charge is -1.99. The molecule has 0 aliphatic carbocycles. The van der Waals surface area contributed by atoms with Gasteiger partial charge in [-0.25, -0.2) is 18.2 Å². The van der Waals surface area contributed by atoms with E-state index in [2.05, 4.69) is 4.98 Å². The van der Waals surface area contributed by atoms with Crippen molar-refractivity contribution in [1.82, 2.24) is 4.98 Å². The summed E-state index contributed by atoms with van der Waals surface area (Å²) >= 11 is 0. The summed E-state index contributed by atoms with van der Waals surface area (Å²) in [6.45, 7) is 0. The molecule has 0 spiro atoms. The number of carboxylic acids is 1. The molecule has 0 aliphatic rings. The van der Waals surface area contributed by atoms with Gasteiger partial charge in [-0.05, 0) is 12.1 Å². The highest BCUT2D eigenvalue weighted by molar-refractivity contribution is 7.89. The predicted molar refractivity (Wildman–Crippen MR) is 49.7 cm³/mol. The molecule has 6 heteroatoms. The Morgan fingerprint density at radius 1 is 1.50 bits per heavy atom. The van der Waals surface area contributed by atoms with Gasteiger partial charge in [0.25, 0.3) is 0 Å². The second kappa shape index (κ2) is 3.75. The van der Waals surface area contributed by atoms with E-state index in [1.165, 1.54) is 18.2 Å². The zero-order valence-corrected chi connectivity index (χ0v) is 8.28. The first-order valence-corrected chi connectivity index (χ1v) is 5.81. The highest BCUT2D eigenvalue weighted by Crippen LogP contribution is 2.03. The van der Waals surface area contributed by atoms with E-state index in [1.807, 2.05) is 0 Å². The van der Waals surface area contributed by atoms with Crippen LogP contribution in [0.5, 0.6) is 0 Å². The van der Waals surface area contributed by atoms with E-state index in [-0.39, 0.29) is 17.1 Å². The Labute approximate surface area is 81.3 Å². The summed E-state index contributed by atoms with van der Waals surface area (Å²) in [6.07, 6.45) is 1.07. The zero-order chi connectivity index (χ0) is 10.8. The molecule has 0 fully saturated rings. The first-order chi connectivity index (χ1) is 6.38. The van der Waals surface area contributed by atoms with Gasteiger partial charge in [-0.15, -0.1) is 0 Å². The van der Waals surface area contributed by atoms with Crippen LogP contribution in [0.2, 0.25) is 0 Å². The molecule has 1 rings (SSSR count). The lowest BCUT2D eigenvalue weighted by Crippen LogP contribution is -2.06. The minimum absolute atomic E-state index is 0.147. The lowest BCUT2D eigenvalue weighted by molar-refractivity contribution is 0.0690. The average Bonchev–Trinajstić information content (AvgIpc) is 2.01. The molecule has 0 saturated carbocycles. The topological polar surface area (TPSA) is 84.3 Å². The number of carbonyl (C=O) groups is 1. The van der Waals surface area contributed by atoms with E-state index in [9.17, 15) is 13.2 Å². The Hall–Kier alpha value is -1.43. The van der Waals surface area contributed by atoms with Gasteiger partial charge in [0, 0.05) is 6.26 Å². The Morgan fingerprint density at radius 2 is 2.14 bits per heavy atom. The third kappa shape index (κ3) is 3.14. The highest BCUT2D eigenvalue weighted by atomic mass is 32.2. The van der Waals surface area contributed by atoms with Crippen molar-refractivity contribution in [2.45, 2.75) is 5.75 Å². The molecular weight excluding hydrogens is 206 g/mol. The zero-order valence-electron chi connectivity index (χ0n) is 7.47. The lowest BCUT2D eigenvalue weighted by atomic mass is 10.3. The minimum Gasteiger partial charge on any atom is -0.477 e. The predicted octanol–water partition coefficient (Wildman–Crippen LogP) is 0.324. The molecule has 0 aromatic carbocycles. The Morgan fingerprint density at radius 3 is 2.64 bits per heavy atom. The molecule has 1 aromatic rings. The fourth-order valence-corrected chi connectivity index (χ4v) is 1.65. The number of pyridine rings is 1. The largest absolute Gasteiger partial charge is 0.477 e. The number of carboxylic acid groups (broad SMARTS) is 1. The van der Waals surface area contributed by atoms with Crippen LogP contribution < -0.4 is 0 Å². The van der Waals surface area contributed by atoms with Crippen LogP contribution in [0, 0.1) is 0 Å². The number of aromatic nitrogens is 1. The van der Waals surface area contributed by atoms with Gasteiger partial charge in [0.2, 0.25) is 0 Å². The maximum atomic E-state index is 10.9. The second-order valence-electron chi connectivity index (χ2n) is 2.89. The van der Waals surface area contributed by atoms with Gasteiger partial charge < -0.3 is 5.11 Å². The van der Waals surface area contributed by atoms with Crippen LogP contribution in [-0.4, -0.2) is 30.7 Å². The molecule has 1 heterocycles. The molecule has 5 nitrogen and oxygen atoms in total.